The highest BCUT2D eigenvalue weighted by atomic mass is 16.3. The molecule has 1 aromatic carbocycles. The van der Waals surface area contributed by atoms with Crippen LogP contribution in [0.25, 0.3) is 0 Å². The van der Waals surface area contributed by atoms with Gasteiger partial charge in [0.1, 0.15) is 0 Å². The first-order valence-electron chi connectivity index (χ1n) is 7.72. The van der Waals surface area contributed by atoms with Gasteiger partial charge in [0.2, 0.25) is 0 Å². The van der Waals surface area contributed by atoms with Gasteiger partial charge in [0.25, 0.3) is 0 Å². The van der Waals surface area contributed by atoms with Crippen LogP contribution in [0.4, 0.5) is 0 Å². The quantitative estimate of drug-likeness (QED) is 0.869. The van der Waals surface area contributed by atoms with E-state index in [1.165, 1.54) is 24.0 Å². The molecule has 112 valence electrons. The minimum Gasteiger partial charge on any atom is -0.396 e. The maximum atomic E-state index is 10.5. The zero-order valence-electron chi connectivity index (χ0n) is 12.7. The van der Waals surface area contributed by atoms with E-state index in [4.69, 9.17) is 5.11 Å². The molecule has 0 spiro atoms. The molecule has 3 heteroatoms. The topological polar surface area (TPSA) is 43.7 Å². The predicted octanol–water partition coefficient (Wildman–Crippen LogP) is 2.57. The summed E-state index contributed by atoms with van der Waals surface area (Å²) >= 11 is 0. The van der Waals surface area contributed by atoms with E-state index in [0.29, 0.717) is 12.6 Å². The van der Waals surface area contributed by atoms with Crippen molar-refractivity contribution in [2.75, 3.05) is 19.7 Å². The third-order valence-electron chi connectivity index (χ3n) is 4.53. The number of aryl methyl sites for hydroxylation is 2. The molecule has 0 saturated carbocycles. The van der Waals surface area contributed by atoms with Crippen LogP contribution in [-0.4, -0.2) is 40.9 Å². The fourth-order valence-corrected chi connectivity index (χ4v) is 3.08. The molecule has 2 atom stereocenters. The Morgan fingerprint density at radius 1 is 1.25 bits per heavy atom. The molecule has 1 aliphatic rings. The minimum atomic E-state index is -0.436. The number of β-amino-alcohol motifs (C(OH)–C–C–N with tert-alkyl or cyclic N) is 1. The molecule has 0 amide bonds. The lowest BCUT2D eigenvalue weighted by Gasteiger charge is -2.36. The Bertz CT molecular complexity index is 431. The molecule has 1 aromatic rings. The molecule has 1 heterocycles. The van der Waals surface area contributed by atoms with E-state index in [0.717, 1.165) is 24.9 Å². The van der Waals surface area contributed by atoms with E-state index < -0.39 is 6.10 Å². The zero-order chi connectivity index (χ0) is 14.5. The normalized spacial score (nSPS) is 21.9. The highest BCUT2D eigenvalue weighted by molar-refractivity contribution is 5.31. The van der Waals surface area contributed by atoms with Crippen molar-refractivity contribution >= 4 is 0 Å². The molecule has 2 rings (SSSR count). The summed E-state index contributed by atoms with van der Waals surface area (Å²) in [6.45, 7) is 6.12. The Balaban J connectivity index is 2.01. The van der Waals surface area contributed by atoms with Gasteiger partial charge in [0.05, 0.1) is 6.10 Å². The van der Waals surface area contributed by atoms with Crippen molar-refractivity contribution in [1.29, 1.82) is 0 Å². The van der Waals surface area contributed by atoms with Gasteiger partial charge in [-0.3, -0.25) is 4.90 Å². The van der Waals surface area contributed by atoms with Gasteiger partial charge in [-0.25, -0.2) is 0 Å². The number of rotatable bonds is 5. The molecular formula is C17H27NO2. The second-order valence-corrected chi connectivity index (χ2v) is 6.02. The standard InChI is InChI=1S/C17H27NO2/c1-13-6-7-15(11-14(13)2)17(20)12-18-9-4-3-5-16(18)8-10-19/h6-7,11,16-17,19-20H,3-5,8-10,12H2,1-2H3. The fraction of sp³-hybridized carbons (Fsp3) is 0.647. The SMILES string of the molecule is Cc1ccc(C(O)CN2CCCCC2CCO)cc1C. The van der Waals surface area contributed by atoms with Crippen molar-refractivity contribution in [3.63, 3.8) is 0 Å². The third kappa shape index (κ3) is 3.81. The maximum absolute atomic E-state index is 10.5. The molecule has 0 aromatic heterocycles. The average molecular weight is 277 g/mol. The summed E-state index contributed by atoms with van der Waals surface area (Å²) in [6, 6.07) is 6.62. The number of likely N-dealkylation sites (tertiary alicyclic amines) is 1. The van der Waals surface area contributed by atoms with Crippen LogP contribution in [0.2, 0.25) is 0 Å². The van der Waals surface area contributed by atoms with Gasteiger partial charge in [0, 0.05) is 19.2 Å². The monoisotopic (exact) mass is 277 g/mol. The van der Waals surface area contributed by atoms with E-state index in [2.05, 4.69) is 30.9 Å². The van der Waals surface area contributed by atoms with E-state index >= 15 is 0 Å². The van der Waals surface area contributed by atoms with Crippen LogP contribution in [0.3, 0.4) is 0 Å². The molecule has 0 bridgehead atoms. The fourth-order valence-electron chi connectivity index (χ4n) is 3.08. The number of nitrogens with zero attached hydrogens (tertiary/aromatic N) is 1. The van der Waals surface area contributed by atoms with Crippen molar-refractivity contribution < 1.29 is 10.2 Å². The largest absolute Gasteiger partial charge is 0.396 e. The average Bonchev–Trinajstić information content (AvgIpc) is 2.44. The molecule has 0 radical (unpaired) electrons. The lowest BCUT2D eigenvalue weighted by atomic mass is 9.97. The first-order valence-corrected chi connectivity index (χ1v) is 7.72. The summed E-state index contributed by atoms with van der Waals surface area (Å²) in [5.74, 6) is 0. The van der Waals surface area contributed by atoms with E-state index in [-0.39, 0.29) is 6.61 Å². The summed E-state index contributed by atoms with van der Waals surface area (Å²) in [5.41, 5.74) is 3.49. The lowest BCUT2D eigenvalue weighted by molar-refractivity contribution is 0.0565. The third-order valence-corrected chi connectivity index (χ3v) is 4.53. The summed E-state index contributed by atoms with van der Waals surface area (Å²) < 4.78 is 0. The second kappa shape index (κ2) is 7.21. The number of aliphatic hydroxyl groups is 2. The first kappa shape index (κ1) is 15.5. The molecule has 20 heavy (non-hydrogen) atoms. The van der Waals surface area contributed by atoms with E-state index in [1.807, 2.05) is 6.07 Å². The number of hydrogen-bond acceptors (Lipinski definition) is 3. The Hall–Kier alpha value is -0.900. The van der Waals surface area contributed by atoms with Crippen LogP contribution in [0.1, 0.15) is 48.5 Å². The molecule has 0 aliphatic carbocycles. The van der Waals surface area contributed by atoms with Crippen LogP contribution in [0.5, 0.6) is 0 Å². The van der Waals surface area contributed by atoms with E-state index in [1.54, 1.807) is 0 Å². The molecule has 3 nitrogen and oxygen atoms in total. The van der Waals surface area contributed by atoms with Crippen LogP contribution in [0, 0.1) is 13.8 Å². The number of piperidine rings is 1. The first-order chi connectivity index (χ1) is 9.61. The van der Waals surface area contributed by atoms with Crippen molar-refractivity contribution in [3.05, 3.63) is 34.9 Å². The molecule has 2 unspecified atom stereocenters. The van der Waals surface area contributed by atoms with Gasteiger partial charge >= 0.3 is 0 Å². The van der Waals surface area contributed by atoms with Gasteiger partial charge < -0.3 is 10.2 Å². The Morgan fingerprint density at radius 3 is 2.75 bits per heavy atom. The van der Waals surface area contributed by atoms with Crippen LogP contribution >= 0.6 is 0 Å². The predicted molar refractivity (Wildman–Crippen MR) is 81.8 cm³/mol. The molecule has 1 saturated heterocycles. The lowest BCUT2D eigenvalue weighted by Crippen LogP contribution is -2.42. The Labute approximate surface area is 122 Å². The van der Waals surface area contributed by atoms with Gasteiger partial charge in [0.15, 0.2) is 0 Å². The summed E-state index contributed by atoms with van der Waals surface area (Å²) in [6.07, 6.45) is 3.95. The number of aliphatic hydroxyl groups excluding tert-OH is 2. The summed E-state index contributed by atoms with van der Waals surface area (Å²) in [7, 11) is 0. The highest BCUT2D eigenvalue weighted by Crippen LogP contribution is 2.24. The Morgan fingerprint density at radius 2 is 2.05 bits per heavy atom. The smallest absolute Gasteiger partial charge is 0.0917 e. The van der Waals surface area contributed by atoms with Crippen molar-refractivity contribution in [3.8, 4) is 0 Å². The van der Waals surface area contributed by atoms with Crippen molar-refractivity contribution in [2.45, 2.75) is 51.7 Å². The van der Waals surface area contributed by atoms with Crippen LogP contribution in [-0.2, 0) is 0 Å². The highest BCUT2D eigenvalue weighted by Gasteiger charge is 2.24. The molecule has 2 N–H and O–H groups in total. The van der Waals surface area contributed by atoms with Gasteiger partial charge in [-0.2, -0.15) is 0 Å². The van der Waals surface area contributed by atoms with Crippen LogP contribution in [0.15, 0.2) is 18.2 Å². The number of hydrogen-bond donors (Lipinski definition) is 2. The minimum absolute atomic E-state index is 0.237. The number of benzene rings is 1. The van der Waals surface area contributed by atoms with Gasteiger partial charge in [-0.1, -0.05) is 24.6 Å². The van der Waals surface area contributed by atoms with Crippen LogP contribution < -0.4 is 0 Å². The molecule has 1 fully saturated rings. The molecule has 1 aliphatic heterocycles. The van der Waals surface area contributed by atoms with Gasteiger partial charge in [-0.15, -0.1) is 0 Å². The second-order valence-electron chi connectivity index (χ2n) is 6.02. The van der Waals surface area contributed by atoms with Crippen molar-refractivity contribution in [1.82, 2.24) is 4.90 Å². The Kier molecular flexibility index (Phi) is 5.58. The molecular weight excluding hydrogens is 250 g/mol. The van der Waals surface area contributed by atoms with E-state index in [9.17, 15) is 5.11 Å². The van der Waals surface area contributed by atoms with Gasteiger partial charge in [-0.05, 0) is 56.3 Å². The van der Waals surface area contributed by atoms with Crippen molar-refractivity contribution in [2.24, 2.45) is 0 Å². The maximum Gasteiger partial charge on any atom is 0.0917 e. The zero-order valence-corrected chi connectivity index (χ0v) is 12.7. The summed E-state index contributed by atoms with van der Waals surface area (Å²) in [5, 5.41) is 19.6. The summed E-state index contributed by atoms with van der Waals surface area (Å²) in [4.78, 5) is 2.35.